The van der Waals surface area contributed by atoms with Gasteiger partial charge >= 0.3 is 0 Å². The molecule has 0 saturated heterocycles. The van der Waals surface area contributed by atoms with Crippen LogP contribution in [0.2, 0.25) is 8.67 Å². The van der Waals surface area contributed by atoms with Crippen LogP contribution in [0.15, 0.2) is 24.3 Å². The number of benzene rings is 1. The first kappa shape index (κ1) is 15.0. The molecular weight excluding hydrogens is 351 g/mol. The second kappa shape index (κ2) is 6.04. The van der Waals surface area contributed by atoms with E-state index in [0.29, 0.717) is 21.4 Å². The zero-order valence-corrected chi connectivity index (χ0v) is 13.1. The van der Waals surface area contributed by atoms with Gasteiger partial charge in [-0.1, -0.05) is 23.2 Å². The predicted octanol–water partition coefficient (Wildman–Crippen LogP) is 2.86. The highest BCUT2D eigenvalue weighted by atomic mass is 35.5. The van der Waals surface area contributed by atoms with Crippen molar-refractivity contribution < 1.29 is 19.1 Å². The molecular formula is C13H8Cl2N2O4S. The summed E-state index contributed by atoms with van der Waals surface area (Å²) in [5.74, 6) is -0.00161. The Kier molecular flexibility index (Phi) is 4.10. The van der Waals surface area contributed by atoms with Crippen LogP contribution in [0.25, 0.3) is 0 Å². The fourth-order valence-corrected chi connectivity index (χ4v) is 3.24. The average Bonchev–Trinajstić information content (AvgIpc) is 3.09. The van der Waals surface area contributed by atoms with E-state index >= 15 is 0 Å². The number of fused-ring (bicyclic) bond motifs is 1. The molecule has 6 nitrogen and oxygen atoms in total. The number of hydrazine groups is 1. The van der Waals surface area contributed by atoms with Gasteiger partial charge in [0.2, 0.25) is 6.79 Å². The van der Waals surface area contributed by atoms with Gasteiger partial charge in [-0.2, -0.15) is 0 Å². The quantitative estimate of drug-likeness (QED) is 0.809. The predicted molar refractivity (Wildman–Crippen MR) is 81.8 cm³/mol. The van der Waals surface area contributed by atoms with E-state index in [1.54, 1.807) is 12.1 Å². The van der Waals surface area contributed by atoms with Gasteiger partial charge in [-0.05, 0) is 24.3 Å². The molecule has 22 heavy (non-hydrogen) atoms. The fraction of sp³-hybridized carbons (Fsp3) is 0.0769. The molecule has 0 bridgehead atoms. The van der Waals surface area contributed by atoms with E-state index in [-0.39, 0.29) is 16.7 Å². The van der Waals surface area contributed by atoms with E-state index in [0.717, 1.165) is 11.3 Å². The molecule has 1 aliphatic heterocycles. The zero-order valence-electron chi connectivity index (χ0n) is 10.8. The summed E-state index contributed by atoms with van der Waals surface area (Å²) in [5.41, 5.74) is 5.08. The van der Waals surface area contributed by atoms with Crippen LogP contribution < -0.4 is 20.3 Å². The summed E-state index contributed by atoms with van der Waals surface area (Å²) in [6.07, 6.45) is 0. The van der Waals surface area contributed by atoms with Crippen molar-refractivity contribution in [3.05, 3.63) is 44.1 Å². The summed E-state index contributed by atoms with van der Waals surface area (Å²) in [7, 11) is 0. The number of nitrogens with one attached hydrogen (secondary N) is 2. The third kappa shape index (κ3) is 2.96. The molecule has 1 aromatic heterocycles. The van der Waals surface area contributed by atoms with Crippen LogP contribution in [-0.4, -0.2) is 18.6 Å². The summed E-state index contributed by atoms with van der Waals surface area (Å²) in [6, 6.07) is 6.13. The smallest absolute Gasteiger partial charge is 0.272 e. The largest absolute Gasteiger partial charge is 0.454 e. The number of carbonyl (C=O) groups is 2. The van der Waals surface area contributed by atoms with E-state index in [9.17, 15) is 9.59 Å². The van der Waals surface area contributed by atoms with Gasteiger partial charge in [0.05, 0.1) is 9.90 Å². The Morgan fingerprint density at radius 1 is 1.05 bits per heavy atom. The van der Waals surface area contributed by atoms with Crippen molar-refractivity contribution in [2.24, 2.45) is 0 Å². The molecule has 1 aliphatic rings. The van der Waals surface area contributed by atoms with Crippen molar-refractivity contribution in [3.63, 3.8) is 0 Å². The van der Waals surface area contributed by atoms with E-state index in [1.807, 2.05) is 0 Å². The molecule has 0 aliphatic carbocycles. The lowest BCUT2D eigenvalue weighted by Gasteiger charge is -2.07. The molecule has 2 N–H and O–H groups in total. The van der Waals surface area contributed by atoms with E-state index in [2.05, 4.69) is 10.9 Å². The second-order valence-electron chi connectivity index (χ2n) is 4.21. The lowest BCUT2D eigenvalue weighted by atomic mass is 10.2. The number of amides is 2. The Hall–Kier alpha value is -1.96. The van der Waals surface area contributed by atoms with Gasteiger partial charge in [-0.3, -0.25) is 20.4 Å². The highest BCUT2D eigenvalue weighted by Gasteiger charge is 2.18. The molecule has 0 radical (unpaired) electrons. The van der Waals surface area contributed by atoms with Crippen molar-refractivity contribution >= 4 is 46.4 Å². The summed E-state index contributed by atoms with van der Waals surface area (Å²) < 4.78 is 11.0. The third-order valence-corrected chi connectivity index (χ3v) is 4.31. The van der Waals surface area contributed by atoms with Crippen LogP contribution >= 0.6 is 34.5 Å². The van der Waals surface area contributed by atoms with Crippen molar-refractivity contribution in [1.82, 2.24) is 10.9 Å². The molecule has 9 heteroatoms. The number of hydrogen-bond donors (Lipinski definition) is 2. The van der Waals surface area contributed by atoms with Crippen LogP contribution in [0.5, 0.6) is 11.5 Å². The molecule has 0 spiro atoms. The molecule has 3 rings (SSSR count). The highest BCUT2D eigenvalue weighted by molar-refractivity contribution is 7.20. The Morgan fingerprint density at radius 3 is 2.50 bits per heavy atom. The molecule has 2 amide bonds. The first-order valence-corrected chi connectivity index (χ1v) is 7.57. The normalized spacial score (nSPS) is 12.1. The first-order chi connectivity index (χ1) is 10.5. The SMILES string of the molecule is O=C(NNC(=O)c1cc(Cl)sc1Cl)c1ccc2c(c1)OCO2. The monoisotopic (exact) mass is 358 g/mol. The molecule has 2 aromatic rings. The molecule has 114 valence electrons. The minimum absolute atomic E-state index is 0.120. The Balaban J connectivity index is 1.65. The van der Waals surface area contributed by atoms with Gasteiger partial charge in [0.15, 0.2) is 11.5 Å². The van der Waals surface area contributed by atoms with Gasteiger partial charge in [0.1, 0.15) is 4.34 Å². The maximum Gasteiger partial charge on any atom is 0.272 e. The molecule has 0 unspecified atom stereocenters. The van der Waals surface area contributed by atoms with E-state index in [1.165, 1.54) is 12.1 Å². The second-order valence-corrected chi connectivity index (χ2v) is 6.50. The van der Waals surface area contributed by atoms with Crippen LogP contribution in [-0.2, 0) is 0 Å². The Morgan fingerprint density at radius 2 is 1.77 bits per heavy atom. The Bertz CT molecular complexity index is 762. The first-order valence-electron chi connectivity index (χ1n) is 6.00. The molecule has 2 heterocycles. The standard InChI is InChI=1S/C13H8Cl2N2O4S/c14-10-4-7(11(15)22-10)13(19)17-16-12(18)6-1-2-8-9(3-6)21-5-20-8/h1-4H,5H2,(H,16,18)(H,17,19). The Labute approximate surface area is 138 Å². The van der Waals surface area contributed by atoms with Crippen LogP contribution in [0.3, 0.4) is 0 Å². The number of thiophene rings is 1. The number of rotatable bonds is 2. The number of hydrogen-bond acceptors (Lipinski definition) is 5. The highest BCUT2D eigenvalue weighted by Crippen LogP contribution is 2.32. The number of halogens is 2. The zero-order chi connectivity index (χ0) is 15.7. The van der Waals surface area contributed by atoms with E-state index in [4.69, 9.17) is 32.7 Å². The van der Waals surface area contributed by atoms with Crippen molar-refractivity contribution in [2.75, 3.05) is 6.79 Å². The molecule has 1 aromatic carbocycles. The van der Waals surface area contributed by atoms with Crippen LogP contribution in [0, 0.1) is 0 Å². The van der Waals surface area contributed by atoms with Gasteiger partial charge in [0.25, 0.3) is 11.8 Å². The van der Waals surface area contributed by atoms with Gasteiger partial charge < -0.3 is 9.47 Å². The molecule has 0 saturated carbocycles. The average molecular weight is 359 g/mol. The maximum absolute atomic E-state index is 12.0. The summed E-state index contributed by atoms with van der Waals surface area (Å²) >= 11 is 12.7. The fourth-order valence-electron chi connectivity index (χ4n) is 1.79. The van der Waals surface area contributed by atoms with Gasteiger partial charge in [-0.25, -0.2) is 0 Å². The minimum Gasteiger partial charge on any atom is -0.454 e. The maximum atomic E-state index is 12.0. The topological polar surface area (TPSA) is 76.7 Å². The van der Waals surface area contributed by atoms with Crippen LogP contribution in [0.1, 0.15) is 20.7 Å². The third-order valence-electron chi connectivity index (χ3n) is 2.83. The van der Waals surface area contributed by atoms with Crippen LogP contribution in [0.4, 0.5) is 0 Å². The van der Waals surface area contributed by atoms with Gasteiger partial charge in [0, 0.05) is 5.56 Å². The molecule has 0 fully saturated rings. The van der Waals surface area contributed by atoms with Crippen molar-refractivity contribution in [3.8, 4) is 11.5 Å². The molecule has 0 atom stereocenters. The van der Waals surface area contributed by atoms with Gasteiger partial charge in [-0.15, -0.1) is 11.3 Å². The summed E-state index contributed by atoms with van der Waals surface area (Å²) in [5, 5.41) is 0. The van der Waals surface area contributed by atoms with Crippen molar-refractivity contribution in [1.29, 1.82) is 0 Å². The lowest BCUT2D eigenvalue weighted by molar-refractivity contribution is 0.0847. The number of ether oxygens (including phenoxy) is 2. The minimum atomic E-state index is -0.553. The summed E-state index contributed by atoms with van der Waals surface area (Å²) in [4.78, 5) is 23.9. The lowest BCUT2D eigenvalue weighted by Crippen LogP contribution is -2.41. The number of carbonyl (C=O) groups excluding carboxylic acids is 2. The van der Waals surface area contributed by atoms with E-state index < -0.39 is 11.8 Å². The van der Waals surface area contributed by atoms with Crippen molar-refractivity contribution in [2.45, 2.75) is 0 Å². The summed E-state index contributed by atoms with van der Waals surface area (Å²) in [6.45, 7) is 0.120.